The molecule has 9 aromatic carbocycles. The molecule has 1 aliphatic heterocycles. The van der Waals surface area contributed by atoms with Crippen LogP contribution in [-0.2, 0) is 18.4 Å². The minimum Gasteiger partial charge on any atom is -0.337 e. The van der Waals surface area contributed by atoms with E-state index in [2.05, 4.69) is 243 Å². The average Bonchev–Trinajstić information content (AvgIpc) is 3.84. The average molecular weight is 850 g/mol. The summed E-state index contributed by atoms with van der Waals surface area (Å²) in [7, 11) is 0. The number of anilines is 2. The third-order valence-corrected chi connectivity index (χ3v) is 15.0. The van der Waals surface area contributed by atoms with Gasteiger partial charge in [-0.25, -0.2) is 0 Å². The van der Waals surface area contributed by atoms with Crippen LogP contribution in [0.5, 0.6) is 0 Å². The number of thiophene rings is 1. The number of rotatable bonds is 6. The molecule has 1 nitrogen and oxygen atoms in total. The SMILES string of the molecule is CC1(C)c2ccccc2-c2ccc(/C(=C/c3ccc4sc5c(c4c3)-c3ccccc3CN(c3ccccc3)c3cc(-c4ccccc4)ccc3C5)c3ccc(-c4ccccc4)cc3)cc21. The number of hydrogen-bond donors (Lipinski definition) is 0. The van der Waals surface area contributed by atoms with Gasteiger partial charge < -0.3 is 4.90 Å². The molecule has 0 amide bonds. The minimum atomic E-state index is -0.0972. The zero-order valence-electron chi connectivity index (χ0n) is 36.6. The van der Waals surface area contributed by atoms with Crippen molar-refractivity contribution >= 4 is 44.4 Å². The van der Waals surface area contributed by atoms with Crippen molar-refractivity contribution < 1.29 is 0 Å². The first-order valence-corrected chi connectivity index (χ1v) is 23.5. The fourth-order valence-electron chi connectivity index (χ4n) is 10.5. The number of hydrogen-bond acceptors (Lipinski definition) is 2. The van der Waals surface area contributed by atoms with E-state index in [1.165, 1.54) is 115 Å². The fourth-order valence-corrected chi connectivity index (χ4v) is 11.7. The second kappa shape index (κ2) is 15.9. The largest absolute Gasteiger partial charge is 0.337 e. The second-order valence-corrected chi connectivity index (χ2v) is 19.2. The molecule has 65 heavy (non-hydrogen) atoms. The van der Waals surface area contributed by atoms with Gasteiger partial charge in [-0.3, -0.25) is 0 Å². The van der Waals surface area contributed by atoms with Crippen LogP contribution in [-0.4, -0.2) is 0 Å². The smallest absolute Gasteiger partial charge is 0.0488 e. The molecule has 2 heteroatoms. The van der Waals surface area contributed by atoms with Crippen LogP contribution < -0.4 is 4.90 Å². The van der Waals surface area contributed by atoms with E-state index in [1.807, 2.05) is 11.3 Å². The standard InChI is InChI=1S/C63H47NS/c1-63(2)57-25-15-14-24-53(57)54-34-33-48(38-58(54)63)55(46-29-27-45(28-30-46)43-16-6-3-7-17-43)36-42-26-35-60-56(37-42)62-52-23-13-12-20-50(52)41-64(51-21-10-5-11-22-51)59-39-47(44-18-8-4-9-19-44)31-32-49(59)40-61(62)65-60/h3-39H,40-41H2,1-2H3/b55-36+. The Kier molecular flexibility index (Phi) is 9.58. The van der Waals surface area contributed by atoms with Gasteiger partial charge in [0.05, 0.1) is 0 Å². The van der Waals surface area contributed by atoms with Gasteiger partial charge in [-0.2, -0.15) is 0 Å². The zero-order chi connectivity index (χ0) is 43.5. The van der Waals surface area contributed by atoms with E-state index < -0.39 is 0 Å². The van der Waals surface area contributed by atoms with Gasteiger partial charge in [-0.05, 0) is 126 Å². The third-order valence-electron chi connectivity index (χ3n) is 13.8. The van der Waals surface area contributed by atoms with Gasteiger partial charge in [0.1, 0.15) is 0 Å². The molecule has 0 N–H and O–H groups in total. The maximum Gasteiger partial charge on any atom is 0.0488 e. The maximum atomic E-state index is 2.53. The van der Waals surface area contributed by atoms with Crippen LogP contribution in [0, 0.1) is 0 Å². The molecular weight excluding hydrogens is 803 g/mol. The molecule has 0 atom stereocenters. The number of benzene rings is 9. The van der Waals surface area contributed by atoms with Crippen LogP contribution in [0.3, 0.4) is 0 Å². The molecule has 310 valence electrons. The van der Waals surface area contributed by atoms with E-state index in [1.54, 1.807) is 0 Å². The van der Waals surface area contributed by atoms with Crippen LogP contribution in [0.4, 0.5) is 11.4 Å². The highest BCUT2D eigenvalue weighted by atomic mass is 32.1. The zero-order valence-corrected chi connectivity index (χ0v) is 37.4. The molecule has 2 aliphatic rings. The van der Waals surface area contributed by atoms with E-state index in [0.29, 0.717) is 0 Å². The minimum absolute atomic E-state index is 0.0972. The first kappa shape index (κ1) is 39.1. The van der Waals surface area contributed by atoms with E-state index in [-0.39, 0.29) is 5.41 Å². The summed E-state index contributed by atoms with van der Waals surface area (Å²) in [5, 5.41) is 1.31. The van der Waals surface area contributed by atoms with Crippen molar-refractivity contribution in [1.29, 1.82) is 0 Å². The van der Waals surface area contributed by atoms with Crippen molar-refractivity contribution in [2.24, 2.45) is 0 Å². The Balaban J connectivity index is 1.02. The van der Waals surface area contributed by atoms with Gasteiger partial charge in [0, 0.05) is 50.3 Å². The van der Waals surface area contributed by atoms with Crippen LogP contribution >= 0.6 is 11.3 Å². The molecule has 2 heterocycles. The van der Waals surface area contributed by atoms with Crippen LogP contribution in [0.25, 0.3) is 66.2 Å². The van der Waals surface area contributed by atoms with Gasteiger partial charge in [-0.15, -0.1) is 11.3 Å². The lowest BCUT2D eigenvalue weighted by Gasteiger charge is -2.28. The van der Waals surface area contributed by atoms with Crippen LogP contribution in [0.2, 0.25) is 0 Å². The normalized spacial score (nSPS) is 13.8. The molecule has 0 saturated heterocycles. The van der Waals surface area contributed by atoms with Crippen LogP contribution in [0.1, 0.15) is 57.7 Å². The van der Waals surface area contributed by atoms with Crippen molar-refractivity contribution in [3.05, 3.63) is 262 Å². The Labute approximate surface area is 386 Å². The Morgan fingerprint density at radius 1 is 0.492 bits per heavy atom. The van der Waals surface area contributed by atoms with Crippen molar-refractivity contribution in [2.45, 2.75) is 32.2 Å². The third kappa shape index (κ3) is 6.93. The highest BCUT2D eigenvalue weighted by Gasteiger charge is 2.35. The number of fused-ring (bicyclic) bond motifs is 9. The van der Waals surface area contributed by atoms with Gasteiger partial charge in [0.15, 0.2) is 0 Å². The van der Waals surface area contributed by atoms with Crippen LogP contribution in [0.15, 0.2) is 218 Å². The summed E-state index contributed by atoms with van der Waals surface area (Å²) in [6.07, 6.45) is 3.27. The molecule has 1 aliphatic carbocycles. The van der Waals surface area contributed by atoms with E-state index in [0.717, 1.165) is 13.0 Å². The van der Waals surface area contributed by atoms with E-state index in [9.17, 15) is 0 Å². The predicted octanol–water partition coefficient (Wildman–Crippen LogP) is 17.0. The van der Waals surface area contributed by atoms with Gasteiger partial charge >= 0.3 is 0 Å². The molecular formula is C63H47NS. The maximum absolute atomic E-state index is 2.53. The predicted molar refractivity (Wildman–Crippen MR) is 277 cm³/mol. The highest BCUT2D eigenvalue weighted by Crippen LogP contribution is 2.50. The van der Waals surface area contributed by atoms with Crippen molar-refractivity contribution in [2.75, 3.05) is 4.90 Å². The van der Waals surface area contributed by atoms with E-state index >= 15 is 0 Å². The van der Waals surface area contributed by atoms with Crippen molar-refractivity contribution in [3.8, 4) is 44.5 Å². The lowest BCUT2D eigenvalue weighted by Crippen LogP contribution is -2.18. The molecule has 10 aromatic rings. The monoisotopic (exact) mass is 849 g/mol. The topological polar surface area (TPSA) is 3.24 Å². The van der Waals surface area contributed by atoms with Gasteiger partial charge in [0.2, 0.25) is 0 Å². The quantitative estimate of drug-likeness (QED) is 0.151. The fraction of sp³-hybridized carbons (Fsp3) is 0.0794. The molecule has 0 bridgehead atoms. The Hall–Kier alpha value is -7.52. The molecule has 0 unspecified atom stereocenters. The summed E-state index contributed by atoms with van der Waals surface area (Å²) in [4.78, 5) is 3.92. The van der Waals surface area contributed by atoms with Crippen molar-refractivity contribution in [3.63, 3.8) is 0 Å². The second-order valence-electron chi connectivity index (χ2n) is 18.1. The Bertz CT molecular complexity index is 3430. The molecule has 0 radical (unpaired) electrons. The van der Waals surface area contributed by atoms with Gasteiger partial charge in [0.25, 0.3) is 0 Å². The van der Waals surface area contributed by atoms with E-state index in [4.69, 9.17) is 0 Å². The first-order valence-electron chi connectivity index (χ1n) is 22.7. The Morgan fingerprint density at radius 2 is 1.11 bits per heavy atom. The molecule has 0 spiro atoms. The number of nitrogens with zero attached hydrogens (tertiary/aromatic N) is 1. The summed E-state index contributed by atoms with van der Waals surface area (Å²) in [5.41, 5.74) is 22.9. The van der Waals surface area contributed by atoms with Crippen molar-refractivity contribution in [1.82, 2.24) is 0 Å². The lowest BCUT2D eigenvalue weighted by atomic mass is 9.81. The van der Waals surface area contributed by atoms with Gasteiger partial charge in [-0.1, -0.05) is 196 Å². The highest BCUT2D eigenvalue weighted by molar-refractivity contribution is 7.19. The lowest BCUT2D eigenvalue weighted by molar-refractivity contribution is 0.660. The summed E-state index contributed by atoms with van der Waals surface area (Å²) in [6, 6.07) is 81.0. The summed E-state index contributed by atoms with van der Waals surface area (Å²) >= 11 is 1.94. The first-order chi connectivity index (χ1) is 32.0. The summed E-state index contributed by atoms with van der Waals surface area (Å²) in [5.74, 6) is 0. The molecule has 0 saturated carbocycles. The Morgan fingerprint density at radius 3 is 1.88 bits per heavy atom. The molecule has 0 fully saturated rings. The summed E-state index contributed by atoms with van der Waals surface area (Å²) in [6.45, 7) is 5.50. The molecule has 1 aromatic heterocycles. The summed E-state index contributed by atoms with van der Waals surface area (Å²) < 4.78 is 1.32. The number of para-hydroxylation sites is 1. The molecule has 12 rings (SSSR count).